The predicted molar refractivity (Wildman–Crippen MR) is 54.3 cm³/mol. The largest absolute Gasteiger partial charge is 0.480 e. The summed E-state index contributed by atoms with van der Waals surface area (Å²) in [5.41, 5.74) is -1.46. The van der Waals surface area contributed by atoms with E-state index in [4.69, 9.17) is 10.2 Å². The molecule has 3 rings (SSSR count). The molecule has 5 nitrogen and oxygen atoms in total. The molecular formula is C11H14FNO4. The van der Waals surface area contributed by atoms with Gasteiger partial charge in [0.25, 0.3) is 0 Å². The van der Waals surface area contributed by atoms with E-state index in [1.165, 1.54) is 0 Å². The van der Waals surface area contributed by atoms with E-state index in [0.29, 0.717) is 12.8 Å². The highest BCUT2D eigenvalue weighted by Crippen LogP contribution is 2.61. The Labute approximate surface area is 97.2 Å². The first-order valence-electron chi connectivity index (χ1n) is 5.85. The SMILES string of the molecule is O=C(O)C1C2C(CN1C(=O)O)C1CCC2(F)C1. The van der Waals surface area contributed by atoms with Crippen LogP contribution in [0.4, 0.5) is 9.18 Å². The molecule has 1 saturated heterocycles. The summed E-state index contributed by atoms with van der Waals surface area (Å²) in [5.74, 6) is -1.80. The smallest absolute Gasteiger partial charge is 0.408 e. The number of likely N-dealkylation sites (tertiary alicyclic amines) is 1. The number of fused-ring (bicyclic) bond motifs is 5. The Balaban J connectivity index is 1.98. The lowest BCUT2D eigenvalue weighted by Gasteiger charge is -2.31. The van der Waals surface area contributed by atoms with E-state index in [1.807, 2.05) is 0 Å². The first-order chi connectivity index (χ1) is 7.94. The molecule has 1 aliphatic heterocycles. The number of carbonyl (C=O) groups is 2. The summed E-state index contributed by atoms with van der Waals surface area (Å²) in [7, 11) is 0. The van der Waals surface area contributed by atoms with Gasteiger partial charge in [-0.15, -0.1) is 0 Å². The van der Waals surface area contributed by atoms with Gasteiger partial charge in [0.1, 0.15) is 11.7 Å². The van der Waals surface area contributed by atoms with Crippen LogP contribution in [0.25, 0.3) is 0 Å². The number of amides is 1. The minimum absolute atomic E-state index is 0.106. The molecule has 5 atom stereocenters. The molecule has 0 aromatic carbocycles. The molecule has 3 fully saturated rings. The standard InChI is InChI=1S/C11H14FNO4/c12-11-2-1-5(3-11)6-4-13(10(16)17)8(7(6)11)9(14)15/h5-8H,1-4H2,(H,14,15)(H,16,17). The Bertz CT molecular complexity index is 401. The van der Waals surface area contributed by atoms with Gasteiger partial charge in [-0.25, -0.2) is 14.0 Å². The predicted octanol–water partition coefficient (Wildman–Crippen LogP) is 1.19. The van der Waals surface area contributed by atoms with Gasteiger partial charge in [0, 0.05) is 12.5 Å². The highest BCUT2D eigenvalue weighted by molar-refractivity contribution is 5.81. The molecule has 5 unspecified atom stereocenters. The lowest BCUT2D eigenvalue weighted by Crippen LogP contribution is -2.47. The fourth-order valence-corrected chi connectivity index (χ4v) is 4.21. The van der Waals surface area contributed by atoms with Gasteiger partial charge in [0.2, 0.25) is 0 Å². The van der Waals surface area contributed by atoms with E-state index in [9.17, 15) is 14.0 Å². The van der Waals surface area contributed by atoms with Crippen LogP contribution in [0.3, 0.4) is 0 Å². The van der Waals surface area contributed by atoms with E-state index in [-0.39, 0.29) is 18.4 Å². The summed E-state index contributed by atoms with van der Waals surface area (Å²) in [6, 6.07) is -1.20. The number of hydrogen-bond acceptors (Lipinski definition) is 2. The fraction of sp³-hybridized carbons (Fsp3) is 0.818. The summed E-state index contributed by atoms with van der Waals surface area (Å²) in [5, 5.41) is 18.2. The van der Waals surface area contributed by atoms with Crippen molar-refractivity contribution in [3.05, 3.63) is 0 Å². The molecule has 0 aromatic rings. The monoisotopic (exact) mass is 243 g/mol. The van der Waals surface area contributed by atoms with E-state index >= 15 is 0 Å². The van der Waals surface area contributed by atoms with Crippen LogP contribution in [-0.4, -0.2) is 45.4 Å². The fourth-order valence-electron chi connectivity index (χ4n) is 4.21. The Morgan fingerprint density at radius 1 is 1.35 bits per heavy atom. The second kappa shape index (κ2) is 3.11. The molecule has 2 saturated carbocycles. The molecule has 0 radical (unpaired) electrons. The van der Waals surface area contributed by atoms with Crippen LogP contribution in [0.15, 0.2) is 0 Å². The molecule has 2 bridgehead atoms. The van der Waals surface area contributed by atoms with Crippen LogP contribution < -0.4 is 0 Å². The Kier molecular flexibility index (Phi) is 1.98. The third kappa shape index (κ3) is 1.23. The van der Waals surface area contributed by atoms with Crippen molar-refractivity contribution in [2.75, 3.05) is 6.54 Å². The van der Waals surface area contributed by atoms with Crippen molar-refractivity contribution >= 4 is 12.1 Å². The summed E-state index contributed by atoms with van der Waals surface area (Å²) in [4.78, 5) is 23.1. The minimum atomic E-state index is -1.46. The van der Waals surface area contributed by atoms with Gasteiger partial charge >= 0.3 is 12.1 Å². The summed E-state index contributed by atoms with van der Waals surface area (Å²) >= 11 is 0. The third-order valence-corrected chi connectivity index (χ3v) is 4.78. The van der Waals surface area contributed by atoms with E-state index in [1.54, 1.807) is 0 Å². The van der Waals surface area contributed by atoms with Crippen LogP contribution in [0, 0.1) is 17.8 Å². The highest BCUT2D eigenvalue weighted by atomic mass is 19.1. The number of alkyl halides is 1. The molecule has 17 heavy (non-hydrogen) atoms. The average molecular weight is 243 g/mol. The Morgan fingerprint density at radius 2 is 2.06 bits per heavy atom. The van der Waals surface area contributed by atoms with E-state index in [0.717, 1.165) is 11.3 Å². The second-order valence-corrected chi connectivity index (χ2v) is 5.45. The van der Waals surface area contributed by atoms with Gasteiger partial charge < -0.3 is 10.2 Å². The van der Waals surface area contributed by atoms with E-state index in [2.05, 4.69) is 0 Å². The quantitative estimate of drug-likeness (QED) is 0.725. The average Bonchev–Trinajstić information content (AvgIpc) is 2.83. The third-order valence-electron chi connectivity index (χ3n) is 4.78. The number of nitrogens with zero attached hydrogens (tertiary/aromatic N) is 1. The van der Waals surface area contributed by atoms with Crippen LogP contribution in [-0.2, 0) is 4.79 Å². The number of rotatable bonds is 1. The maximum atomic E-state index is 14.6. The molecule has 1 amide bonds. The topological polar surface area (TPSA) is 77.8 Å². The maximum Gasteiger partial charge on any atom is 0.408 e. The first kappa shape index (κ1) is 10.8. The number of aliphatic carboxylic acids is 1. The van der Waals surface area contributed by atoms with E-state index < -0.39 is 29.7 Å². The molecule has 94 valence electrons. The highest BCUT2D eigenvalue weighted by Gasteiger charge is 2.67. The van der Waals surface area contributed by atoms with Gasteiger partial charge in [0.05, 0.1) is 0 Å². The van der Waals surface area contributed by atoms with Gasteiger partial charge in [-0.3, -0.25) is 4.90 Å². The normalized spacial score (nSPS) is 47.2. The second-order valence-electron chi connectivity index (χ2n) is 5.45. The van der Waals surface area contributed by atoms with Crippen molar-refractivity contribution in [2.45, 2.75) is 31.0 Å². The number of carboxylic acids is 1. The Hall–Kier alpha value is -1.33. The zero-order valence-electron chi connectivity index (χ0n) is 9.17. The lowest BCUT2D eigenvalue weighted by atomic mass is 9.77. The van der Waals surface area contributed by atoms with Crippen molar-refractivity contribution in [3.8, 4) is 0 Å². The van der Waals surface area contributed by atoms with Gasteiger partial charge in [0.15, 0.2) is 0 Å². The van der Waals surface area contributed by atoms with Gasteiger partial charge in [-0.1, -0.05) is 0 Å². The van der Waals surface area contributed by atoms with Crippen LogP contribution in [0.1, 0.15) is 19.3 Å². The van der Waals surface area contributed by atoms with Crippen molar-refractivity contribution < 1.29 is 24.2 Å². The molecule has 0 spiro atoms. The van der Waals surface area contributed by atoms with Crippen LogP contribution in [0.2, 0.25) is 0 Å². The number of hydrogen-bond donors (Lipinski definition) is 2. The molecule has 1 heterocycles. The molecule has 3 aliphatic rings. The molecule has 6 heteroatoms. The summed E-state index contributed by atoms with van der Waals surface area (Å²) in [6.07, 6.45) is 0.308. The van der Waals surface area contributed by atoms with Gasteiger partial charge in [-0.2, -0.15) is 0 Å². The van der Waals surface area contributed by atoms with Crippen molar-refractivity contribution in [3.63, 3.8) is 0 Å². The zero-order valence-corrected chi connectivity index (χ0v) is 9.17. The van der Waals surface area contributed by atoms with Crippen LogP contribution in [0.5, 0.6) is 0 Å². The molecule has 0 aromatic heterocycles. The molecule has 2 aliphatic carbocycles. The van der Waals surface area contributed by atoms with Crippen molar-refractivity contribution in [2.24, 2.45) is 17.8 Å². The minimum Gasteiger partial charge on any atom is -0.480 e. The Morgan fingerprint density at radius 3 is 2.65 bits per heavy atom. The van der Waals surface area contributed by atoms with Gasteiger partial charge in [-0.05, 0) is 31.1 Å². The lowest BCUT2D eigenvalue weighted by molar-refractivity contribution is -0.145. The summed E-state index contributed by atoms with van der Waals surface area (Å²) < 4.78 is 14.6. The zero-order chi connectivity index (χ0) is 12.4. The number of halogens is 1. The molecular weight excluding hydrogens is 229 g/mol. The van der Waals surface area contributed by atoms with Crippen molar-refractivity contribution in [1.82, 2.24) is 4.90 Å². The van der Waals surface area contributed by atoms with Crippen LogP contribution >= 0.6 is 0 Å². The molecule has 2 N–H and O–H groups in total. The van der Waals surface area contributed by atoms with Crippen molar-refractivity contribution in [1.29, 1.82) is 0 Å². The maximum absolute atomic E-state index is 14.6. The number of carboxylic acid groups (broad SMARTS) is 2. The summed E-state index contributed by atoms with van der Waals surface area (Å²) in [6.45, 7) is 0.174. The first-order valence-corrected chi connectivity index (χ1v) is 5.85.